The number of nitrogens with two attached hydrogens (primary N) is 1. The summed E-state index contributed by atoms with van der Waals surface area (Å²) in [5.74, 6) is 6.55. The van der Waals surface area contributed by atoms with Crippen LogP contribution >= 0.6 is 0 Å². The fourth-order valence-corrected chi connectivity index (χ4v) is 4.78. The third-order valence-corrected chi connectivity index (χ3v) is 6.72. The second kappa shape index (κ2) is 8.32. The summed E-state index contributed by atoms with van der Waals surface area (Å²) < 4.78 is 18.8. The molecule has 0 saturated heterocycles. The van der Waals surface area contributed by atoms with Crippen molar-refractivity contribution in [3.63, 3.8) is 0 Å². The highest BCUT2D eigenvalue weighted by atomic mass is 19.1. The van der Waals surface area contributed by atoms with E-state index in [2.05, 4.69) is 5.32 Å². The molecular weight excluding hydrogens is 421 g/mol. The van der Waals surface area contributed by atoms with Crippen molar-refractivity contribution in [1.29, 1.82) is 0 Å². The molecule has 2 aromatic carbocycles. The molecule has 2 saturated carbocycles. The molecule has 33 heavy (non-hydrogen) atoms. The summed E-state index contributed by atoms with van der Waals surface area (Å²) in [5, 5.41) is 16.9. The molecule has 0 bridgehead atoms. The molecule has 1 heterocycles. The molecular formula is C26H28FN3O3. The molecule has 7 heteroatoms. The topological polar surface area (TPSA) is 91.7 Å². The van der Waals surface area contributed by atoms with Crippen molar-refractivity contribution in [1.82, 2.24) is 10.3 Å². The van der Waals surface area contributed by atoms with Crippen molar-refractivity contribution in [2.24, 2.45) is 17.7 Å². The summed E-state index contributed by atoms with van der Waals surface area (Å²) in [5.41, 5.74) is 2.17. The van der Waals surface area contributed by atoms with Gasteiger partial charge >= 0.3 is 5.63 Å². The van der Waals surface area contributed by atoms with Crippen molar-refractivity contribution in [3.05, 3.63) is 82.2 Å². The Hall–Kier alpha value is -3.16. The molecule has 172 valence electrons. The normalized spacial score (nSPS) is 16.8. The van der Waals surface area contributed by atoms with E-state index in [1.165, 1.54) is 18.2 Å². The molecule has 0 spiro atoms. The molecule has 3 aromatic rings. The van der Waals surface area contributed by atoms with E-state index in [0.717, 1.165) is 47.9 Å². The highest BCUT2D eigenvalue weighted by Crippen LogP contribution is 2.54. The number of aliphatic hydroxyl groups is 1. The van der Waals surface area contributed by atoms with E-state index in [9.17, 15) is 14.3 Å². The van der Waals surface area contributed by atoms with Crippen LogP contribution in [0, 0.1) is 17.7 Å². The zero-order valence-electron chi connectivity index (χ0n) is 18.6. The van der Waals surface area contributed by atoms with Gasteiger partial charge in [0.15, 0.2) is 0 Å². The Kier molecular flexibility index (Phi) is 5.46. The second-order valence-electron chi connectivity index (χ2n) is 9.16. The zero-order valence-corrected chi connectivity index (χ0v) is 18.6. The molecule has 5 rings (SSSR count). The van der Waals surface area contributed by atoms with Crippen LogP contribution in [0.3, 0.4) is 0 Å². The van der Waals surface area contributed by atoms with Crippen molar-refractivity contribution in [2.45, 2.75) is 37.8 Å². The van der Waals surface area contributed by atoms with Crippen LogP contribution in [-0.2, 0) is 6.54 Å². The fourth-order valence-electron chi connectivity index (χ4n) is 4.78. The van der Waals surface area contributed by atoms with Crippen molar-refractivity contribution < 1.29 is 13.9 Å². The Morgan fingerprint density at radius 2 is 1.85 bits per heavy atom. The molecule has 2 aliphatic carbocycles. The van der Waals surface area contributed by atoms with E-state index in [4.69, 9.17) is 10.3 Å². The third kappa shape index (κ3) is 4.26. The number of hydrazine groups is 1. The van der Waals surface area contributed by atoms with Crippen LogP contribution in [0.15, 0.2) is 69.6 Å². The predicted molar refractivity (Wildman–Crippen MR) is 125 cm³/mol. The lowest BCUT2D eigenvalue weighted by Gasteiger charge is -2.32. The lowest BCUT2D eigenvalue weighted by atomic mass is 9.88. The first-order valence-electron chi connectivity index (χ1n) is 11.3. The van der Waals surface area contributed by atoms with Gasteiger partial charge in [-0.15, -0.1) is 0 Å². The maximum absolute atomic E-state index is 13.3. The minimum Gasteiger partial charge on any atom is -0.423 e. The van der Waals surface area contributed by atoms with Gasteiger partial charge in [-0.3, -0.25) is 0 Å². The molecule has 1 aromatic heterocycles. The van der Waals surface area contributed by atoms with Crippen molar-refractivity contribution in [3.8, 4) is 11.1 Å². The summed E-state index contributed by atoms with van der Waals surface area (Å²) in [4.78, 5) is 12.2. The monoisotopic (exact) mass is 449 g/mol. The van der Waals surface area contributed by atoms with Crippen LogP contribution in [0.2, 0.25) is 0 Å². The average Bonchev–Trinajstić information content (AvgIpc) is 3.69. The SMILES string of the molecule is CNC(=CN(N)Cc1ccc2c(-c3ccc(F)cc3)cc(=O)oc2c1)C(O)(C1CC1)C1CC1. The number of nitrogens with one attached hydrogen (secondary N) is 1. The van der Waals surface area contributed by atoms with Gasteiger partial charge in [0.05, 0.1) is 12.2 Å². The number of hydrogen-bond donors (Lipinski definition) is 3. The van der Waals surface area contributed by atoms with E-state index in [-0.39, 0.29) is 17.7 Å². The van der Waals surface area contributed by atoms with Crippen molar-refractivity contribution in [2.75, 3.05) is 7.05 Å². The summed E-state index contributed by atoms with van der Waals surface area (Å²) in [6, 6.07) is 13.0. The maximum atomic E-state index is 13.3. The van der Waals surface area contributed by atoms with E-state index in [1.807, 2.05) is 19.2 Å². The van der Waals surface area contributed by atoms with Gasteiger partial charge in [-0.05, 0) is 72.4 Å². The molecule has 0 atom stereocenters. The number of rotatable bonds is 8. The lowest BCUT2D eigenvalue weighted by Crippen LogP contribution is -2.43. The number of hydrogen-bond acceptors (Lipinski definition) is 6. The van der Waals surface area contributed by atoms with Gasteiger partial charge in [0.1, 0.15) is 17.0 Å². The highest BCUT2D eigenvalue weighted by Gasteiger charge is 2.55. The van der Waals surface area contributed by atoms with Gasteiger partial charge in [0.2, 0.25) is 0 Å². The van der Waals surface area contributed by atoms with E-state index < -0.39 is 11.2 Å². The molecule has 6 nitrogen and oxygen atoms in total. The fraction of sp³-hybridized carbons (Fsp3) is 0.346. The summed E-state index contributed by atoms with van der Waals surface area (Å²) in [6.07, 6.45) is 5.94. The van der Waals surface area contributed by atoms with Gasteiger partial charge in [0.25, 0.3) is 0 Å². The van der Waals surface area contributed by atoms with E-state index in [0.29, 0.717) is 17.7 Å². The Morgan fingerprint density at radius 3 is 2.45 bits per heavy atom. The van der Waals surface area contributed by atoms with Crippen LogP contribution in [0.4, 0.5) is 4.39 Å². The second-order valence-corrected chi connectivity index (χ2v) is 9.16. The molecule has 0 aliphatic heterocycles. The van der Waals surface area contributed by atoms with Gasteiger partial charge < -0.3 is 19.8 Å². The van der Waals surface area contributed by atoms with Gasteiger partial charge in [-0.1, -0.05) is 24.3 Å². The zero-order chi connectivity index (χ0) is 23.2. The average molecular weight is 450 g/mol. The van der Waals surface area contributed by atoms with Gasteiger partial charge in [0, 0.05) is 24.7 Å². The molecule has 4 N–H and O–H groups in total. The first-order chi connectivity index (χ1) is 15.9. The summed E-state index contributed by atoms with van der Waals surface area (Å²) >= 11 is 0. The standard InChI is InChI=1S/C26H28FN3O3/c1-29-24(26(32,18-5-6-18)19-7-8-19)15-30(28)14-16-2-11-21-22(13-25(31)33-23(21)12-16)17-3-9-20(27)10-4-17/h2-4,9-13,15,18-19,29,32H,5-8,14,28H2,1H3. The molecule has 0 radical (unpaired) electrons. The molecule has 0 amide bonds. The number of benzene rings is 2. The minimum absolute atomic E-state index is 0.289. The molecule has 0 unspecified atom stereocenters. The smallest absolute Gasteiger partial charge is 0.336 e. The van der Waals surface area contributed by atoms with Crippen LogP contribution in [0.5, 0.6) is 0 Å². The van der Waals surface area contributed by atoms with Crippen LogP contribution in [-0.4, -0.2) is 22.8 Å². The number of nitrogens with zero attached hydrogens (tertiary/aromatic N) is 1. The largest absolute Gasteiger partial charge is 0.423 e. The van der Waals surface area contributed by atoms with Crippen LogP contribution in [0.1, 0.15) is 31.2 Å². The lowest BCUT2D eigenvalue weighted by molar-refractivity contribution is 0.0245. The maximum Gasteiger partial charge on any atom is 0.336 e. The summed E-state index contributed by atoms with van der Waals surface area (Å²) in [7, 11) is 1.82. The van der Waals surface area contributed by atoms with Gasteiger partial charge in [-0.2, -0.15) is 0 Å². The Bertz CT molecular complexity index is 1250. The number of halogens is 1. The van der Waals surface area contributed by atoms with E-state index in [1.54, 1.807) is 29.4 Å². The third-order valence-electron chi connectivity index (χ3n) is 6.72. The van der Waals surface area contributed by atoms with Crippen molar-refractivity contribution >= 4 is 11.0 Å². The quantitative estimate of drug-likeness (QED) is 0.275. The van der Waals surface area contributed by atoms with Crippen LogP contribution in [0.25, 0.3) is 22.1 Å². The first-order valence-corrected chi connectivity index (χ1v) is 11.3. The number of fused-ring (bicyclic) bond motifs is 1. The molecule has 2 aliphatic rings. The molecule has 2 fully saturated rings. The van der Waals surface area contributed by atoms with Gasteiger partial charge in [-0.25, -0.2) is 15.0 Å². The minimum atomic E-state index is -0.841. The Morgan fingerprint density at radius 1 is 1.18 bits per heavy atom. The number of likely N-dealkylation sites (N-methyl/N-ethyl adjacent to an activating group) is 1. The Balaban J connectivity index is 1.43. The van der Waals surface area contributed by atoms with Crippen LogP contribution < -0.4 is 16.8 Å². The highest BCUT2D eigenvalue weighted by molar-refractivity contribution is 5.93. The summed E-state index contributed by atoms with van der Waals surface area (Å²) in [6.45, 7) is 0.372. The predicted octanol–water partition coefficient (Wildman–Crippen LogP) is 3.89. The first kappa shape index (κ1) is 21.7. The Labute approximate surface area is 191 Å². The van der Waals surface area contributed by atoms with E-state index >= 15 is 0 Å².